The number of hydrogen-bond acceptors (Lipinski definition) is 2. The molecule has 1 N–H and O–H groups in total. The van der Waals surface area contributed by atoms with Crippen molar-refractivity contribution in [2.45, 2.75) is 45.3 Å². The molecule has 1 aliphatic rings. The highest BCUT2D eigenvalue weighted by atomic mass is 35.5. The summed E-state index contributed by atoms with van der Waals surface area (Å²) in [7, 11) is 0. The quantitative estimate of drug-likeness (QED) is 0.905. The second kappa shape index (κ2) is 6.74. The van der Waals surface area contributed by atoms with E-state index in [2.05, 4.69) is 18.7 Å². The first-order valence-corrected chi connectivity index (χ1v) is 7.62. The fourth-order valence-electron chi connectivity index (χ4n) is 2.98. The third-order valence-electron chi connectivity index (χ3n) is 4.23. The van der Waals surface area contributed by atoms with Gasteiger partial charge in [0.1, 0.15) is 0 Å². The van der Waals surface area contributed by atoms with Gasteiger partial charge in [0.2, 0.25) is 0 Å². The molecule has 1 aromatic rings. The van der Waals surface area contributed by atoms with Crippen molar-refractivity contribution in [3.63, 3.8) is 0 Å². The van der Waals surface area contributed by atoms with Gasteiger partial charge in [0.05, 0.1) is 6.10 Å². The highest BCUT2D eigenvalue weighted by molar-refractivity contribution is 6.31. The summed E-state index contributed by atoms with van der Waals surface area (Å²) < 4.78 is 0. The first-order valence-electron chi connectivity index (χ1n) is 7.24. The van der Waals surface area contributed by atoms with E-state index in [9.17, 15) is 5.11 Å². The maximum Gasteiger partial charge on any atom is 0.0816 e. The molecule has 3 atom stereocenters. The van der Waals surface area contributed by atoms with Crippen molar-refractivity contribution in [1.29, 1.82) is 0 Å². The van der Waals surface area contributed by atoms with Crippen LogP contribution < -0.4 is 0 Å². The van der Waals surface area contributed by atoms with Gasteiger partial charge in [-0.25, -0.2) is 0 Å². The Hall–Kier alpha value is -0.570. The van der Waals surface area contributed by atoms with Crippen LogP contribution in [-0.2, 0) is 0 Å². The van der Waals surface area contributed by atoms with E-state index in [1.165, 1.54) is 12.8 Å². The van der Waals surface area contributed by atoms with Crippen molar-refractivity contribution in [1.82, 2.24) is 4.90 Å². The summed E-state index contributed by atoms with van der Waals surface area (Å²) in [6, 6.07) is 8.20. The van der Waals surface area contributed by atoms with Crippen LogP contribution in [0.3, 0.4) is 0 Å². The molecule has 2 nitrogen and oxygen atoms in total. The van der Waals surface area contributed by atoms with Gasteiger partial charge in [-0.05, 0) is 50.3 Å². The van der Waals surface area contributed by atoms with Crippen LogP contribution >= 0.6 is 11.6 Å². The Kier molecular flexibility index (Phi) is 5.26. The minimum atomic E-state index is -0.458. The zero-order valence-electron chi connectivity index (χ0n) is 11.8. The number of aliphatic hydroxyl groups excluding tert-OH is 1. The van der Waals surface area contributed by atoms with Crippen molar-refractivity contribution in [2.24, 2.45) is 5.92 Å². The van der Waals surface area contributed by atoms with Gasteiger partial charge in [0, 0.05) is 17.6 Å². The SMILES string of the molecule is CC1CCN(CCC(O)c2ccccc2Cl)C(C)C1. The number of aliphatic hydroxyl groups is 1. The molecule has 1 saturated heterocycles. The van der Waals surface area contributed by atoms with Gasteiger partial charge in [-0.15, -0.1) is 0 Å². The summed E-state index contributed by atoms with van der Waals surface area (Å²) in [5.74, 6) is 0.833. The molecule has 2 rings (SSSR count). The molecular formula is C16H24ClNO. The fourth-order valence-corrected chi connectivity index (χ4v) is 3.24. The second-order valence-corrected chi connectivity index (χ2v) is 6.25. The van der Waals surface area contributed by atoms with Crippen LogP contribution in [0.15, 0.2) is 24.3 Å². The summed E-state index contributed by atoms with van der Waals surface area (Å²) >= 11 is 6.11. The summed E-state index contributed by atoms with van der Waals surface area (Å²) in [4.78, 5) is 2.49. The van der Waals surface area contributed by atoms with E-state index < -0.39 is 6.10 Å². The molecule has 1 aromatic carbocycles. The van der Waals surface area contributed by atoms with Crippen LogP contribution in [0, 0.1) is 5.92 Å². The molecule has 0 radical (unpaired) electrons. The van der Waals surface area contributed by atoms with E-state index in [0.717, 1.165) is 31.0 Å². The monoisotopic (exact) mass is 281 g/mol. The first-order chi connectivity index (χ1) is 9.08. The molecule has 0 spiro atoms. The maximum atomic E-state index is 10.3. The third-order valence-corrected chi connectivity index (χ3v) is 4.57. The standard InChI is InChI=1S/C16H24ClNO/c1-12-7-9-18(13(2)11-12)10-8-16(19)14-5-3-4-6-15(14)17/h3-6,12-13,16,19H,7-11H2,1-2H3. The lowest BCUT2D eigenvalue weighted by molar-refractivity contribution is 0.0942. The number of likely N-dealkylation sites (tertiary alicyclic amines) is 1. The molecule has 0 saturated carbocycles. The fraction of sp³-hybridized carbons (Fsp3) is 0.625. The van der Waals surface area contributed by atoms with Crippen molar-refractivity contribution >= 4 is 11.6 Å². The molecule has 0 aliphatic carbocycles. The lowest BCUT2D eigenvalue weighted by atomic mass is 9.93. The summed E-state index contributed by atoms with van der Waals surface area (Å²) in [5.41, 5.74) is 0.849. The molecule has 19 heavy (non-hydrogen) atoms. The number of piperidine rings is 1. The average Bonchev–Trinajstić information content (AvgIpc) is 2.38. The molecule has 1 fully saturated rings. The smallest absolute Gasteiger partial charge is 0.0816 e. The number of benzene rings is 1. The molecule has 3 unspecified atom stereocenters. The molecule has 106 valence electrons. The van der Waals surface area contributed by atoms with Gasteiger partial charge >= 0.3 is 0 Å². The Labute approximate surface area is 121 Å². The van der Waals surface area contributed by atoms with E-state index in [0.29, 0.717) is 11.1 Å². The first kappa shape index (κ1) is 14.8. The summed E-state index contributed by atoms with van der Waals surface area (Å²) in [6.07, 6.45) is 2.83. The minimum absolute atomic E-state index is 0.458. The van der Waals surface area contributed by atoms with E-state index in [1.54, 1.807) is 0 Å². The second-order valence-electron chi connectivity index (χ2n) is 5.84. The summed E-state index contributed by atoms with van der Waals surface area (Å²) in [5, 5.41) is 10.9. The summed E-state index contributed by atoms with van der Waals surface area (Å²) in [6.45, 7) is 6.71. The van der Waals surface area contributed by atoms with E-state index in [4.69, 9.17) is 11.6 Å². The Morgan fingerprint density at radius 1 is 1.37 bits per heavy atom. The lowest BCUT2D eigenvalue weighted by Crippen LogP contribution is -2.41. The Morgan fingerprint density at radius 3 is 2.79 bits per heavy atom. The van der Waals surface area contributed by atoms with Crippen LogP contribution in [0.4, 0.5) is 0 Å². The van der Waals surface area contributed by atoms with E-state index in [1.807, 2.05) is 24.3 Å². The zero-order valence-corrected chi connectivity index (χ0v) is 12.6. The Balaban J connectivity index is 1.87. The number of nitrogens with zero attached hydrogens (tertiary/aromatic N) is 1. The van der Waals surface area contributed by atoms with Gasteiger partial charge < -0.3 is 10.0 Å². The molecule has 1 aliphatic heterocycles. The number of hydrogen-bond donors (Lipinski definition) is 1. The normalized spacial score (nSPS) is 26.3. The van der Waals surface area contributed by atoms with Crippen LogP contribution in [-0.4, -0.2) is 29.1 Å². The minimum Gasteiger partial charge on any atom is -0.388 e. The van der Waals surface area contributed by atoms with Crippen molar-refractivity contribution < 1.29 is 5.11 Å². The van der Waals surface area contributed by atoms with Crippen molar-refractivity contribution in [3.8, 4) is 0 Å². The molecule has 1 heterocycles. The van der Waals surface area contributed by atoms with Crippen LogP contribution in [0.25, 0.3) is 0 Å². The largest absolute Gasteiger partial charge is 0.388 e. The molecule has 0 bridgehead atoms. The lowest BCUT2D eigenvalue weighted by Gasteiger charge is -2.36. The number of rotatable bonds is 4. The molecule has 0 aromatic heterocycles. The Morgan fingerprint density at radius 2 is 2.11 bits per heavy atom. The van der Waals surface area contributed by atoms with E-state index >= 15 is 0 Å². The van der Waals surface area contributed by atoms with Gasteiger partial charge in [-0.2, -0.15) is 0 Å². The van der Waals surface area contributed by atoms with E-state index in [-0.39, 0.29) is 0 Å². The highest BCUT2D eigenvalue weighted by Gasteiger charge is 2.23. The van der Waals surface area contributed by atoms with Crippen molar-refractivity contribution in [3.05, 3.63) is 34.9 Å². The molecular weight excluding hydrogens is 258 g/mol. The van der Waals surface area contributed by atoms with Crippen LogP contribution in [0.1, 0.15) is 44.8 Å². The van der Waals surface area contributed by atoms with Crippen molar-refractivity contribution in [2.75, 3.05) is 13.1 Å². The van der Waals surface area contributed by atoms with Crippen LogP contribution in [0.2, 0.25) is 5.02 Å². The third kappa shape index (κ3) is 3.95. The van der Waals surface area contributed by atoms with Gasteiger partial charge in [-0.1, -0.05) is 36.7 Å². The predicted octanol–water partition coefficient (Wildman–Crippen LogP) is 3.88. The molecule has 0 amide bonds. The Bertz CT molecular complexity index is 409. The van der Waals surface area contributed by atoms with Crippen LogP contribution in [0.5, 0.6) is 0 Å². The zero-order chi connectivity index (χ0) is 13.8. The van der Waals surface area contributed by atoms with Gasteiger partial charge in [0.15, 0.2) is 0 Å². The highest BCUT2D eigenvalue weighted by Crippen LogP contribution is 2.27. The topological polar surface area (TPSA) is 23.5 Å². The van der Waals surface area contributed by atoms with Gasteiger partial charge in [0.25, 0.3) is 0 Å². The van der Waals surface area contributed by atoms with Gasteiger partial charge in [-0.3, -0.25) is 0 Å². The molecule has 3 heteroatoms. The maximum absolute atomic E-state index is 10.3. The predicted molar refractivity (Wildman–Crippen MR) is 80.5 cm³/mol. The average molecular weight is 282 g/mol. The number of halogens is 1.